The van der Waals surface area contributed by atoms with E-state index < -0.39 is 10.0 Å². The van der Waals surface area contributed by atoms with Gasteiger partial charge in [-0.3, -0.25) is 0 Å². The molecule has 1 N–H and O–H groups in total. The molecule has 5 heteroatoms. The Morgan fingerprint density at radius 3 is 2.61 bits per heavy atom. The van der Waals surface area contributed by atoms with E-state index in [-0.39, 0.29) is 0 Å². The van der Waals surface area contributed by atoms with E-state index in [9.17, 15) is 8.42 Å². The Hall–Kier alpha value is -0.130. The molecule has 0 bridgehead atoms. The van der Waals surface area contributed by atoms with Gasteiger partial charge in [0.15, 0.2) is 0 Å². The Bertz CT molecular complexity index is 343. The first-order valence-corrected chi connectivity index (χ1v) is 8.88. The maximum Gasteiger partial charge on any atom is 0.211 e. The Balaban J connectivity index is 2.47. The fraction of sp³-hybridized carbons (Fsp3) is 1.00. The number of nitrogens with one attached hydrogen (secondary N) is 1. The fourth-order valence-electron chi connectivity index (χ4n) is 2.77. The normalized spacial score (nSPS) is 25.9. The zero-order valence-electron chi connectivity index (χ0n) is 12.1. The van der Waals surface area contributed by atoms with Crippen LogP contribution in [0, 0.1) is 11.8 Å². The lowest BCUT2D eigenvalue weighted by Crippen LogP contribution is -2.41. The molecule has 0 saturated carbocycles. The van der Waals surface area contributed by atoms with Crippen molar-refractivity contribution in [2.75, 3.05) is 25.9 Å². The smallest absolute Gasteiger partial charge is 0.211 e. The SMILES string of the molecule is CCNC(C)C(C)CC1CCCN(S(C)(=O)=O)C1. The van der Waals surface area contributed by atoms with Crippen molar-refractivity contribution in [2.45, 2.75) is 46.1 Å². The summed E-state index contributed by atoms with van der Waals surface area (Å²) in [7, 11) is -3.01. The van der Waals surface area contributed by atoms with Gasteiger partial charge in [-0.25, -0.2) is 12.7 Å². The zero-order chi connectivity index (χ0) is 13.8. The lowest BCUT2D eigenvalue weighted by molar-refractivity contribution is 0.220. The third-order valence-corrected chi connectivity index (χ3v) is 5.31. The van der Waals surface area contributed by atoms with Crippen LogP contribution in [0.3, 0.4) is 0 Å². The highest BCUT2D eigenvalue weighted by Gasteiger charge is 2.27. The summed E-state index contributed by atoms with van der Waals surface area (Å²) in [6, 6.07) is 0.503. The van der Waals surface area contributed by atoms with Crippen molar-refractivity contribution in [1.29, 1.82) is 0 Å². The van der Waals surface area contributed by atoms with Crippen LogP contribution in [0.15, 0.2) is 0 Å². The first kappa shape index (κ1) is 15.9. The maximum absolute atomic E-state index is 11.6. The van der Waals surface area contributed by atoms with E-state index in [2.05, 4.69) is 26.1 Å². The molecule has 4 nitrogen and oxygen atoms in total. The van der Waals surface area contributed by atoms with Crippen LogP contribution in [0.25, 0.3) is 0 Å². The molecule has 1 aliphatic rings. The molecule has 108 valence electrons. The quantitative estimate of drug-likeness (QED) is 0.803. The minimum Gasteiger partial charge on any atom is -0.314 e. The second kappa shape index (κ2) is 6.87. The molecular weight excluding hydrogens is 248 g/mol. The molecule has 1 fully saturated rings. The summed E-state index contributed by atoms with van der Waals surface area (Å²) in [6.07, 6.45) is 4.59. The summed E-state index contributed by atoms with van der Waals surface area (Å²) in [4.78, 5) is 0. The molecule has 0 amide bonds. The molecular formula is C13H28N2O2S. The van der Waals surface area contributed by atoms with E-state index in [1.165, 1.54) is 6.26 Å². The Labute approximate surface area is 112 Å². The van der Waals surface area contributed by atoms with Crippen LogP contribution < -0.4 is 5.32 Å². The van der Waals surface area contributed by atoms with Gasteiger partial charge in [-0.05, 0) is 44.6 Å². The largest absolute Gasteiger partial charge is 0.314 e. The van der Waals surface area contributed by atoms with Crippen LogP contribution in [0.5, 0.6) is 0 Å². The summed E-state index contributed by atoms with van der Waals surface area (Å²) in [6.45, 7) is 8.99. The molecule has 1 heterocycles. The number of rotatable bonds is 6. The molecule has 3 atom stereocenters. The highest BCUT2D eigenvalue weighted by molar-refractivity contribution is 7.88. The van der Waals surface area contributed by atoms with Crippen LogP contribution in [0.4, 0.5) is 0 Å². The predicted octanol–water partition coefficient (Wildman–Crippen LogP) is 1.68. The minimum atomic E-state index is -3.01. The van der Waals surface area contributed by atoms with Crippen LogP contribution in [0.1, 0.15) is 40.0 Å². The maximum atomic E-state index is 11.6. The molecule has 0 radical (unpaired) electrons. The second-order valence-electron chi connectivity index (χ2n) is 5.69. The molecule has 3 unspecified atom stereocenters. The van der Waals surface area contributed by atoms with Crippen molar-refractivity contribution in [3.8, 4) is 0 Å². The standard InChI is InChI=1S/C13H28N2O2S/c1-5-14-12(3)11(2)9-13-7-6-8-15(10-13)18(4,16)17/h11-14H,5-10H2,1-4H3. The predicted molar refractivity (Wildman–Crippen MR) is 76.1 cm³/mol. The third-order valence-electron chi connectivity index (χ3n) is 4.04. The zero-order valence-corrected chi connectivity index (χ0v) is 13.0. The lowest BCUT2D eigenvalue weighted by atomic mass is 9.87. The van der Waals surface area contributed by atoms with Gasteiger partial charge in [0, 0.05) is 19.1 Å². The molecule has 0 aromatic rings. The Kier molecular flexibility index (Phi) is 6.08. The van der Waals surface area contributed by atoms with Gasteiger partial charge in [0.05, 0.1) is 6.26 Å². The van der Waals surface area contributed by atoms with Crippen molar-refractivity contribution in [2.24, 2.45) is 11.8 Å². The molecule has 0 spiro atoms. The van der Waals surface area contributed by atoms with Crippen molar-refractivity contribution in [3.05, 3.63) is 0 Å². The molecule has 1 aliphatic heterocycles. The number of sulfonamides is 1. The van der Waals surface area contributed by atoms with Crippen LogP contribution in [-0.2, 0) is 10.0 Å². The van der Waals surface area contributed by atoms with Gasteiger partial charge in [0.1, 0.15) is 0 Å². The molecule has 18 heavy (non-hydrogen) atoms. The van der Waals surface area contributed by atoms with Crippen LogP contribution in [0.2, 0.25) is 0 Å². The van der Waals surface area contributed by atoms with Crippen molar-refractivity contribution in [1.82, 2.24) is 9.62 Å². The molecule has 1 saturated heterocycles. The summed E-state index contributed by atoms with van der Waals surface area (Å²) < 4.78 is 24.8. The number of hydrogen-bond acceptors (Lipinski definition) is 3. The van der Waals surface area contributed by atoms with Gasteiger partial charge < -0.3 is 5.32 Å². The van der Waals surface area contributed by atoms with Gasteiger partial charge in [-0.2, -0.15) is 0 Å². The number of nitrogens with zero attached hydrogens (tertiary/aromatic N) is 1. The van der Waals surface area contributed by atoms with E-state index >= 15 is 0 Å². The second-order valence-corrected chi connectivity index (χ2v) is 7.67. The van der Waals surface area contributed by atoms with E-state index in [4.69, 9.17) is 0 Å². The van der Waals surface area contributed by atoms with Crippen molar-refractivity contribution >= 4 is 10.0 Å². The third kappa shape index (κ3) is 4.86. The van der Waals surface area contributed by atoms with Gasteiger partial charge in [-0.15, -0.1) is 0 Å². The van der Waals surface area contributed by atoms with Crippen LogP contribution in [-0.4, -0.2) is 44.7 Å². The van der Waals surface area contributed by atoms with E-state index in [0.717, 1.165) is 25.8 Å². The van der Waals surface area contributed by atoms with Gasteiger partial charge in [-0.1, -0.05) is 13.8 Å². The average Bonchev–Trinajstić information content (AvgIpc) is 2.28. The fourth-order valence-corrected chi connectivity index (χ4v) is 3.72. The average molecular weight is 276 g/mol. The van der Waals surface area contributed by atoms with Gasteiger partial charge in [0.25, 0.3) is 0 Å². The molecule has 1 rings (SSSR count). The van der Waals surface area contributed by atoms with Gasteiger partial charge in [0.2, 0.25) is 10.0 Å². The van der Waals surface area contributed by atoms with E-state index in [1.54, 1.807) is 4.31 Å². The highest BCUT2D eigenvalue weighted by atomic mass is 32.2. The van der Waals surface area contributed by atoms with Gasteiger partial charge >= 0.3 is 0 Å². The molecule has 0 aromatic carbocycles. The minimum absolute atomic E-state index is 0.503. The Morgan fingerprint density at radius 1 is 1.39 bits per heavy atom. The summed E-state index contributed by atoms with van der Waals surface area (Å²) >= 11 is 0. The summed E-state index contributed by atoms with van der Waals surface area (Å²) in [5.41, 5.74) is 0. The summed E-state index contributed by atoms with van der Waals surface area (Å²) in [5, 5.41) is 3.44. The highest BCUT2D eigenvalue weighted by Crippen LogP contribution is 2.25. The number of piperidine rings is 1. The Morgan fingerprint density at radius 2 is 2.06 bits per heavy atom. The van der Waals surface area contributed by atoms with Crippen molar-refractivity contribution < 1.29 is 8.42 Å². The summed E-state index contributed by atoms with van der Waals surface area (Å²) in [5.74, 6) is 1.11. The molecule has 0 aliphatic carbocycles. The topological polar surface area (TPSA) is 49.4 Å². The molecule has 0 aromatic heterocycles. The first-order valence-electron chi connectivity index (χ1n) is 7.03. The monoisotopic (exact) mass is 276 g/mol. The van der Waals surface area contributed by atoms with E-state index in [0.29, 0.717) is 31.0 Å². The number of hydrogen-bond donors (Lipinski definition) is 1. The van der Waals surface area contributed by atoms with Crippen molar-refractivity contribution in [3.63, 3.8) is 0 Å². The van der Waals surface area contributed by atoms with E-state index in [1.807, 2.05) is 0 Å². The first-order chi connectivity index (χ1) is 8.34. The lowest BCUT2D eigenvalue weighted by Gasteiger charge is -2.33. The van der Waals surface area contributed by atoms with Crippen LogP contribution >= 0.6 is 0 Å².